The molecule has 4 nitrogen and oxygen atoms in total. The summed E-state index contributed by atoms with van der Waals surface area (Å²) >= 11 is 0. The average Bonchev–Trinajstić information content (AvgIpc) is 3.35. The van der Waals surface area contributed by atoms with Crippen LogP contribution < -0.4 is 5.32 Å². The number of carboxylic acids is 1. The summed E-state index contributed by atoms with van der Waals surface area (Å²) in [6.45, 7) is 0.456. The van der Waals surface area contributed by atoms with E-state index < -0.39 is 17.8 Å². The van der Waals surface area contributed by atoms with Crippen LogP contribution in [0.25, 0.3) is 0 Å². The van der Waals surface area contributed by atoms with Gasteiger partial charge in [0.25, 0.3) is 0 Å². The minimum atomic E-state index is -0.829. The molecule has 6 unspecified atom stereocenters. The van der Waals surface area contributed by atoms with E-state index in [1.807, 2.05) is 36.4 Å². The van der Waals surface area contributed by atoms with Gasteiger partial charge in [0, 0.05) is 6.54 Å². The molecule has 0 radical (unpaired) electrons. The SMILES string of the molecule is O=C(O)C1C2C=CC(C3CC23)C1C(=O)NCc1ccccc1. The van der Waals surface area contributed by atoms with Crippen LogP contribution in [0.1, 0.15) is 12.0 Å². The van der Waals surface area contributed by atoms with Crippen LogP contribution in [0, 0.1) is 35.5 Å². The molecule has 4 heteroatoms. The van der Waals surface area contributed by atoms with Crippen LogP contribution in [-0.4, -0.2) is 17.0 Å². The molecule has 0 spiro atoms. The number of fused-ring (bicyclic) bond motifs is 1. The van der Waals surface area contributed by atoms with Gasteiger partial charge in [-0.3, -0.25) is 9.59 Å². The highest BCUT2D eigenvalue weighted by Gasteiger charge is 2.62. The standard InChI is InChI=1S/C18H19NO3/c20-17(19-9-10-4-2-1-3-5-10)15-11-6-7-12(14-8-13(11)14)16(15)18(21)22/h1-7,11-16H,8-9H2,(H,19,20)(H,21,22). The lowest BCUT2D eigenvalue weighted by molar-refractivity contribution is -0.153. The third-order valence-electron chi connectivity index (χ3n) is 5.55. The number of allylic oxidation sites excluding steroid dienone is 2. The fraction of sp³-hybridized carbons (Fsp3) is 0.444. The molecule has 5 rings (SSSR count). The maximum Gasteiger partial charge on any atom is 0.307 e. The predicted molar refractivity (Wildman–Crippen MR) is 80.6 cm³/mol. The molecule has 0 aromatic heterocycles. The molecule has 2 saturated carbocycles. The van der Waals surface area contributed by atoms with Crippen LogP contribution in [0.15, 0.2) is 42.5 Å². The highest BCUT2D eigenvalue weighted by Crippen LogP contribution is 2.63. The Hall–Kier alpha value is -2.10. The molecule has 0 heterocycles. The van der Waals surface area contributed by atoms with Crippen molar-refractivity contribution in [3.63, 3.8) is 0 Å². The van der Waals surface area contributed by atoms with E-state index in [4.69, 9.17) is 0 Å². The Morgan fingerprint density at radius 3 is 2.32 bits per heavy atom. The molecule has 0 saturated heterocycles. The average molecular weight is 297 g/mol. The van der Waals surface area contributed by atoms with Gasteiger partial charge in [-0.05, 0) is 35.7 Å². The van der Waals surface area contributed by atoms with Crippen molar-refractivity contribution in [2.45, 2.75) is 13.0 Å². The second-order valence-electron chi connectivity index (χ2n) is 6.70. The van der Waals surface area contributed by atoms with Crippen LogP contribution >= 0.6 is 0 Å². The normalized spacial score (nSPS) is 37.5. The summed E-state index contributed by atoms with van der Waals surface area (Å²) in [6, 6.07) is 9.71. The number of carbonyl (C=O) groups excluding carboxylic acids is 1. The van der Waals surface area contributed by atoms with Crippen molar-refractivity contribution in [3.05, 3.63) is 48.0 Å². The highest BCUT2D eigenvalue weighted by atomic mass is 16.4. The van der Waals surface area contributed by atoms with Gasteiger partial charge in [-0.25, -0.2) is 0 Å². The second kappa shape index (κ2) is 4.97. The van der Waals surface area contributed by atoms with Crippen molar-refractivity contribution < 1.29 is 14.7 Å². The Labute approximate surface area is 129 Å². The number of benzene rings is 1. The monoisotopic (exact) mass is 297 g/mol. The zero-order chi connectivity index (χ0) is 15.3. The van der Waals surface area contributed by atoms with Crippen molar-refractivity contribution in [1.29, 1.82) is 0 Å². The number of carbonyl (C=O) groups is 2. The number of carboxylic acid groups (broad SMARTS) is 1. The van der Waals surface area contributed by atoms with Gasteiger partial charge in [0.05, 0.1) is 11.8 Å². The molecule has 1 amide bonds. The zero-order valence-electron chi connectivity index (χ0n) is 12.2. The molecule has 22 heavy (non-hydrogen) atoms. The first-order valence-electron chi connectivity index (χ1n) is 7.89. The van der Waals surface area contributed by atoms with E-state index in [-0.39, 0.29) is 17.7 Å². The minimum Gasteiger partial charge on any atom is -0.481 e. The number of aliphatic carboxylic acids is 1. The smallest absolute Gasteiger partial charge is 0.307 e. The summed E-state index contributed by atoms with van der Waals surface area (Å²) in [7, 11) is 0. The number of nitrogens with one attached hydrogen (secondary N) is 1. The van der Waals surface area contributed by atoms with Gasteiger partial charge in [0.2, 0.25) is 5.91 Å². The Balaban J connectivity index is 1.51. The minimum absolute atomic E-state index is 0.0416. The molecule has 2 N–H and O–H groups in total. The molecule has 2 fully saturated rings. The number of rotatable bonds is 4. The van der Waals surface area contributed by atoms with Gasteiger partial charge in [0.15, 0.2) is 0 Å². The Bertz CT molecular complexity index is 639. The van der Waals surface area contributed by atoms with Gasteiger partial charge < -0.3 is 10.4 Å². The van der Waals surface area contributed by atoms with Crippen molar-refractivity contribution >= 4 is 11.9 Å². The van der Waals surface area contributed by atoms with Gasteiger partial charge in [-0.1, -0.05) is 42.5 Å². The zero-order valence-corrected chi connectivity index (χ0v) is 12.2. The van der Waals surface area contributed by atoms with Crippen LogP contribution in [0.3, 0.4) is 0 Å². The molecule has 1 aromatic carbocycles. The lowest BCUT2D eigenvalue weighted by Gasteiger charge is -2.41. The Kier molecular flexibility index (Phi) is 3.06. The van der Waals surface area contributed by atoms with Crippen molar-refractivity contribution in [1.82, 2.24) is 5.32 Å². The molecular weight excluding hydrogens is 278 g/mol. The largest absolute Gasteiger partial charge is 0.481 e. The van der Waals surface area contributed by atoms with Crippen LogP contribution in [0.2, 0.25) is 0 Å². The number of hydrogen-bond acceptors (Lipinski definition) is 2. The lowest BCUT2D eigenvalue weighted by atomic mass is 9.62. The summed E-state index contributed by atoms with van der Waals surface area (Å²) in [5.74, 6) is -0.751. The van der Waals surface area contributed by atoms with Gasteiger partial charge in [0.1, 0.15) is 0 Å². The number of hydrogen-bond donors (Lipinski definition) is 2. The first kappa shape index (κ1) is 13.6. The van der Waals surface area contributed by atoms with Crippen molar-refractivity contribution in [2.24, 2.45) is 35.5 Å². The third-order valence-corrected chi connectivity index (χ3v) is 5.55. The Morgan fingerprint density at radius 1 is 1.05 bits per heavy atom. The molecule has 114 valence electrons. The summed E-state index contributed by atoms with van der Waals surface area (Å²) in [5, 5.41) is 12.5. The fourth-order valence-corrected chi connectivity index (χ4v) is 4.47. The fourth-order valence-electron chi connectivity index (χ4n) is 4.47. The van der Waals surface area contributed by atoms with E-state index in [2.05, 4.69) is 11.4 Å². The second-order valence-corrected chi connectivity index (χ2v) is 6.70. The molecule has 1 aromatic rings. The molecule has 6 atom stereocenters. The van der Waals surface area contributed by atoms with Crippen molar-refractivity contribution in [3.8, 4) is 0 Å². The highest BCUT2D eigenvalue weighted by molar-refractivity contribution is 5.86. The molecule has 2 bridgehead atoms. The van der Waals surface area contributed by atoms with Gasteiger partial charge >= 0.3 is 5.97 Å². The topological polar surface area (TPSA) is 66.4 Å². The van der Waals surface area contributed by atoms with Crippen LogP contribution in [0.5, 0.6) is 0 Å². The van der Waals surface area contributed by atoms with E-state index in [0.29, 0.717) is 18.4 Å². The van der Waals surface area contributed by atoms with E-state index in [9.17, 15) is 14.7 Å². The molecular formula is C18H19NO3. The van der Waals surface area contributed by atoms with Gasteiger partial charge in [-0.15, -0.1) is 0 Å². The van der Waals surface area contributed by atoms with E-state index in [0.717, 1.165) is 12.0 Å². The van der Waals surface area contributed by atoms with E-state index in [1.165, 1.54) is 0 Å². The summed E-state index contributed by atoms with van der Waals surface area (Å²) in [5.41, 5.74) is 1.03. The van der Waals surface area contributed by atoms with Crippen LogP contribution in [-0.2, 0) is 16.1 Å². The molecule has 0 aliphatic heterocycles. The quantitative estimate of drug-likeness (QED) is 0.836. The van der Waals surface area contributed by atoms with Crippen molar-refractivity contribution in [2.75, 3.05) is 0 Å². The van der Waals surface area contributed by atoms with Gasteiger partial charge in [-0.2, -0.15) is 0 Å². The maximum atomic E-state index is 12.6. The predicted octanol–water partition coefficient (Wildman–Crippen LogP) is 2.07. The summed E-state index contributed by atoms with van der Waals surface area (Å²) in [4.78, 5) is 24.3. The van der Waals surface area contributed by atoms with Crippen LogP contribution in [0.4, 0.5) is 0 Å². The lowest BCUT2D eigenvalue weighted by Crippen LogP contribution is -2.49. The first-order valence-corrected chi connectivity index (χ1v) is 7.89. The summed E-state index contributed by atoms with van der Waals surface area (Å²) < 4.78 is 0. The number of amides is 1. The maximum absolute atomic E-state index is 12.6. The third kappa shape index (κ3) is 2.05. The first-order chi connectivity index (χ1) is 10.7. The molecule has 4 aliphatic carbocycles. The van der Waals surface area contributed by atoms with E-state index >= 15 is 0 Å². The van der Waals surface area contributed by atoms with E-state index in [1.54, 1.807) is 0 Å². The Morgan fingerprint density at radius 2 is 1.68 bits per heavy atom. The summed E-state index contributed by atoms with van der Waals surface area (Å²) in [6.07, 6.45) is 5.21. The molecule has 4 aliphatic rings.